The van der Waals surface area contributed by atoms with Crippen LogP contribution in [0.25, 0.3) is 0 Å². The third-order valence-corrected chi connectivity index (χ3v) is 5.28. The highest BCUT2D eigenvalue weighted by Gasteiger charge is 2.29. The van der Waals surface area contributed by atoms with E-state index in [2.05, 4.69) is 20.3 Å². The van der Waals surface area contributed by atoms with Crippen LogP contribution in [0.15, 0.2) is 59.5 Å². The number of carbonyl (C=O) groups is 1. The molecule has 1 aliphatic rings. The lowest BCUT2D eigenvalue weighted by atomic mass is 10.1. The first kappa shape index (κ1) is 17.3. The molecule has 0 spiro atoms. The second kappa shape index (κ2) is 7.63. The molecule has 4 rings (SSSR count). The van der Waals surface area contributed by atoms with Crippen LogP contribution in [-0.4, -0.2) is 26.2 Å². The fraction of sp³-hybridized carbons (Fsp3) is 0.158. The number of aromatic nitrogens is 3. The van der Waals surface area contributed by atoms with Crippen molar-refractivity contribution in [3.05, 3.63) is 66.0 Å². The Hall–Kier alpha value is -3.13. The number of nitrogens with two attached hydrogens (primary N) is 1. The van der Waals surface area contributed by atoms with Gasteiger partial charge in [0.1, 0.15) is 5.25 Å². The van der Waals surface area contributed by atoms with Gasteiger partial charge < -0.3 is 15.8 Å². The Balaban J connectivity index is 1.39. The monoisotopic (exact) mass is 379 g/mol. The second-order valence-electron chi connectivity index (χ2n) is 5.95. The predicted octanol–water partition coefficient (Wildman–Crippen LogP) is 2.96. The summed E-state index contributed by atoms with van der Waals surface area (Å²) in [4.78, 5) is 25.9. The van der Waals surface area contributed by atoms with E-state index >= 15 is 0 Å². The number of esters is 1. The minimum atomic E-state index is -0.284. The van der Waals surface area contributed by atoms with E-state index in [4.69, 9.17) is 10.5 Å². The number of hydrogen-bond acceptors (Lipinski definition) is 8. The van der Waals surface area contributed by atoms with Crippen molar-refractivity contribution < 1.29 is 9.53 Å². The quantitative estimate of drug-likeness (QED) is 0.652. The van der Waals surface area contributed by atoms with Gasteiger partial charge in [0.2, 0.25) is 11.9 Å². The number of nitrogens with zero attached hydrogens (tertiary/aromatic N) is 3. The van der Waals surface area contributed by atoms with E-state index in [1.54, 1.807) is 0 Å². The van der Waals surface area contributed by atoms with Crippen molar-refractivity contribution in [2.24, 2.45) is 0 Å². The Kier molecular flexibility index (Phi) is 4.88. The molecule has 0 fully saturated rings. The van der Waals surface area contributed by atoms with Gasteiger partial charge in [0, 0.05) is 10.6 Å². The highest BCUT2D eigenvalue weighted by atomic mass is 32.2. The number of para-hydroxylation sites is 1. The molecule has 136 valence electrons. The summed E-state index contributed by atoms with van der Waals surface area (Å²) >= 11 is 1.52. The Morgan fingerprint density at radius 2 is 1.89 bits per heavy atom. The molecule has 1 aromatic heterocycles. The van der Waals surface area contributed by atoms with Crippen LogP contribution in [0.1, 0.15) is 11.4 Å². The van der Waals surface area contributed by atoms with Crippen LogP contribution in [0, 0.1) is 0 Å². The Morgan fingerprint density at radius 3 is 2.70 bits per heavy atom. The van der Waals surface area contributed by atoms with Crippen molar-refractivity contribution in [1.82, 2.24) is 15.0 Å². The molecule has 7 nitrogen and oxygen atoms in total. The number of hydrogen-bond donors (Lipinski definition) is 2. The van der Waals surface area contributed by atoms with Gasteiger partial charge in [0.15, 0.2) is 12.4 Å². The van der Waals surface area contributed by atoms with Crippen molar-refractivity contribution in [2.45, 2.75) is 23.2 Å². The number of anilines is 3. The predicted molar refractivity (Wildman–Crippen MR) is 104 cm³/mol. The smallest absolute Gasteiger partial charge is 0.320 e. The molecule has 8 heteroatoms. The zero-order valence-electron chi connectivity index (χ0n) is 14.3. The lowest BCUT2D eigenvalue weighted by Gasteiger charge is -2.10. The molecule has 1 aliphatic heterocycles. The maximum Gasteiger partial charge on any atom is 0.320 e. The van der Waals surface area contributed by atoms with Crippen LogP contribution in [-0.2, 0) is 22.6 Å². The topological polar surface area (TPSA) is 103 Å². The van der Waals surface area contributed by atoms with Crippen LogP contribution in [0.4, 0.5) is 17.6 Å². The van der Waals surface area contributed by atoms with E-state index in [-0.39, 0.29) is 23.8 Å². The molecule has 0 saturated heterocycles. The molecule has 3 aromatic rings. The molecule has 0 bridgehead atoms. The average molecular weight is 379 g/mol. The Bertz CT molecular complexity index is 942. The Morgan fingerprint density at radius 1 is 1.11 bits per heavy atom. The number of thioether (sulfide) groups is 1. The summed E-state index contributed by atoms with van der Waals surface area (Å²) in [6, 6.07) is 17.5. The van der Waals surface area contributed by atoms with Gasteiger partial charge in [-0.1, -0.05) is 36.4 Å². The first-order valence-corrected chi connectivity index (χ1v) is 9.29. The number of carbonyl (C=O) groups excluding carboxylic acids is 1. The summed E-state index contributed by atoms with van der Waals surface area (Å²) in [5.41, 5.74) is 7.75. The normalized spacial score (nSPS) is 15.2. The van der Waals surface area contributed by atoms with Gasteiger partial charge in [0.25, 0.3) is 0 Å². The van der Waals surface area contributed by atoms with Crippen LogP contribution in [0.2, 0.25) is 0 Å². The van der Waals surface area contributed by atoms with Crippen molar-refractivity contribution in [3.8, 4) is 0 Å². The third kappa shape index (κ3) is 4.17. The van der Waals surface area contributed by atoms with E-state index in [9.17, 15) is 4.79 Å². The van der Waals surface area contributed by atoms with Gasteiger partial charge in [-0.15, -0.1) is 11.8 Å². The molecule has 0 aliphatic carbocycles. The summed E-state index contributed by atoms with van der Waals surface area (Å²) in [7, 11) is 0. The third-order valence-electron chi connectivity index (χ3n) is 3.98. The molecule has 3 N–H and O–H groups in total. The highest BCUT2D eigenvalue weighted by molar-refractivity contribution is 8.01. The fourth-order valence-electron chi connectivity index (χ4n) is 2.75. The molecular weight excluding hydrogens is 362 g/mol. The summed E-state index contributed by atoms with van der Waals surface area (Å²) in [5, 5.41) is 2.81. The average Bonchev–Trinajstić information content (AvgIpc) is 3.11. The lowest BCUT2D eigenvalue weighted by molar-refractivity contribution is -0.144. The van der Waals surface area contributed by atoms with E-state index < -0.39 is 0 Å². The van der Waals surface area contributed by atoms with E-state index in [1.807, 2.05) is 54.6 Å². The summed E-state index contributed by atoms with van der Waals surface area (Å²) in [6.07, 6.45) is 0.666. The Labute approximate surface area is 160 Å². The van der Waals surface area contributed by atoms with E-state index in [0.29, 0.717) is 18.2 Å². The van der Waals surface area contributed by atoms with Gasteiger partial charge in [0.05, 0.1) is 0 Å². The van der Waals surface area contributed by atoms with E-state index in [1.165, 1.54) is 17.3 Å². The van der Waals surface area contributed by atoms with Gasteiger partial charge in [-0.3, -0.25) is 4.79 Å². The molecule has 0 amide bonds. The summed E-state index contributed by atoms with van der Waals surface area (Å²) < 4.78 is 5.41. The van der Waals surface area contributed by atoms with Gasteiger partial charge in [-0.2, -0.15) is 15.0 Å². The number of ether oxygens (including phenoxy) is 1. The summed E-state index contributed by atoms with van der Waals surface area (Å²) in [5.74, 6) is 0.391. The van der Waals surface area contributed by atoms with Gasteiger partial charge in [-0.25, -0.2) is 0 Å². The first-order chi connectivity index (χ1) is 13.2. The highest BCUT2D eigenvalue weighted by Crippen LogP contribution is 2.37. The standard InChI is InChI=1S/C19H17N5O2S/c20-18-22-16(23-19(24-18)21-13-7-2-1-3-8-13)11-26-17(25)15-10-12-6-4-5-9-14(12)27-15/h1-9,15H,10-11H2,(H3,20,21,22,23,24)/t15-/m0/s1. The number of nitrogens with one attached hydrogen (secondary N) is 1. The minimum Gasteiger partial charge on any atom is -0.457 e. The lowest BCUT2D eigenvalue weighted by Crippen LogP contribution is -2.20. The van der Waals surface area contributed by atoms with Gasteiger partial charge in [-0.05, 0) is 30.2 Å². The van der Waals surface area contributed by atoms with Crippen LogP contribution >= 0.6 is 11.8 Å². The number of nitrogen functional groups attached to an aromatic ring is 1. The molecular formula is C19H17N5O2S. The maximum absolute atomic E-state index is 12.4. The molecule has 1 atom stereocenters. The van der Waals surface area contributed by atoms with Gasteiger partial charge >= 0.3 is 5.97 Å². The van der Waals surface area contributed by atoms with Crippen LogP contribution < -0.4 is 11.1 Å². The largest absolute Gasteiger partial charge is 0.457 e. The first-order valence-electron chi connectivity index (χ1n) is 8.41. The van der Waals surface area contributed by atoms with Crippen LogP contribution in [0.5, 0.6) is 0 Å². The van der Waals surface area contributed by atoms with Crippen molar-refractivity contribution in [2.75, 3.05) is 11.1 Å². The molecule has 27 heavy (non-hydrogen) atoms. The fourth-order valence-corrected chi connectivity index (χ4v) is 3.94. The zero-order chi connectivity index (χ0) is 18.6. The maximum atomic E-state index is 12.4. The molecule has 0 radical (unpaired) electrons. The number of benzene rings is 2. The zero-order valence-corrected chi connectivity index (χ0v) is 15.1. The molecule has 2 heterocycles. The van der Waals surface area contributed by atoms with Crippen molar-refractivity contribution >= 4 is 35.3 Å². The second-order valence-corrected chi connectivity index (χ2v) is 7.20. The van der Waals surface area contributed by atoms with E-state index in [0.717, 1.165) is 10.6 Å². The molecule has 0 unspecified atom stereocenters. The van der Waals surface area contributed by atoms with Crippen molar-refractivity contribution in [1.29, 1.82) is 0 Å². The SMILES string of the molecule is Nc1nc(COC(=O)[C@@H]2Cc3ccccc3S2)nc(Nc2ccccc2)n1. The molecule has 0 saturated carbocycles. The number of fused-ring (bicyclic) bond motifs is 1. The van der Waals surface area contributed by atoms with Crippen molar-refractivity contribution in [3.63, 3.8) is 0 Å². The summed E-state index contributed by atoms with van der Waals surface area (Å²) in [6.45, 7) is -0.0531. The number of rotatable bonds is 5. The molecule has 2 aromatic carbocycles. The minimum absolute atomic E-state index is 0.0531. The van der Waals surface area contributed by atoms with Crippen LogP contribution in [0.3, 0.4) is 0 Å².